The van der Waals surface area contributed by atoms with Crippen molar-refractivity contribution in [2.45, 2.75) is 12.8 Å². The number of sulfone groups is 1. The summed E-state index contributed by atoms with van der Waals surface area (Å²) in [5, 5.41) is 0.738. The van der Waals surface area contributed by atoms with Gasteiger partial charge in [-0.05, 0) is 37.1 Å². The quantitative estimate of drug-likeness (QED) is 0.616. The maximum Gasteiger partial charge on any atom is 0.191 e. The summed E-state index contributed by atoms with van der Waals surface area (Å²) in [5.74, 6) is 0.733. The van der Waals surface area contributed by atoms with Gasteiger partial charge in [0.05, 0.1) is 5.75 Å². The molecule has 3 rings (SSSR count). The standard InChI is InChI=1S/C17H25ClN4O2S/c1-25(23,24)13-17(6-7-17)12-20-16(19)22-10-8-21(9-11-22)15-4-2-14(18)3-5-15/h2-5H,6-13H2,1H3,(H2,19,20). The Morgan fingerprint density at radius 1 is 1.20 bits per heavy atom. The molecule has 0 amide bonds. The van der Waals surface area contributed by atoms with Crippen molar-refractivity contribution in [3.63, 3.8) is 0 Å². The van der Waals surface area contributed by atoms with E-state index >= 15 is 0 Å². The Morgan fingerprint density at radius 2 is 1.80 bits per heavy atom. The molecule has 1 aromatic rings. The molecule has 25 heavy (non-hydrogen) atoms. The Hall–Kier alpha value is -1.47. The summed E-state index contributed by atoms with van der Waals surface area (Å²) in [6, 6.07) is 7.85. The van der Waals surface area contributed by atoms with E-state index < -0.39 is 9.84 Å². The molecule has 0 atom stereocenters. The number of anilines is 1. The van der Waals surface area contributed by atoms with Gasteiger partial charge in [-0.15, -0.1) is 0 Å². The first-order valence-electron chi connectivity index (χ1n) is 8.50. The van der Waals surface area contributed by atoms with E-state index in [0.717, 1.165) is 49.7 Å². The molecule has 2 aliphatic rings. The van der Waals surface area contributed by atoms with Crippen molar-refractivity contribution < 1.29 is 8.42 Å². The highest BCUT2D eigenvalue weighted by Gasteiger charge is 2.45. The van der Waals surface area contributed by atoms with Crippen LogP contribution in [0, 0.1) is 5.41 Å². The molecule has 1 aromatic carbocycles. The van der Waals surface area contributed by atoms with Gasteiger partial charge in [-0.3, -0.25) is 4.99 Å². The van der Waals surface area contributed by atoms with Crippen LogP contribution in [-0.2, 0) is 9.84 Å². The van der Waals surface area contributed by atoms with Crippen molar-refractivity contribution in [3.8, 4) is 0 Å². The topological polar surface area (TPSA) is 79.0 Å². The summed E-state index contributed by atoms with van der Waals surface area (Å²) in [5.41, 5.74) is 7.12. The van der Waals surface area contributed by atoms with Gasteiger partial charge in [0.2, 0.25) is 0 Å². The lowest BCUT2D eigenvalue weighted by Gasteiger charge is -2.36. The molecular weight excluding hydrogens is 360 g/mol. The minimum absolute atomic E-state index is 0.177. The Labute approximate surface area is 154 Å². The van der Waals surface area contributed by atoms with Crippen molar-refractivity contribution >= 4 is 33.1 Å². The minimum Gasteiger partial charge on any atom is -0.370 e. The van der Waals surface area contributed by atoms with Crippen molar-refractivity contribution in [2.24, 2.45) is 16.1 Å². The average molecular weight is 385 g/mol. The Kier molecular flexibility index (Phi) is 5.16. The van der Waals surface area contributed by atoms with Crippen LogP contribution in [0.5, 0.6) is 0 Å². The Morgan fingerprint density at radius 3 is 2.32 bits per heavy atom. The predicted molar refractivity (Wildman–Crippen MR) is 103 cm³/mol. The van der Waals surface area contributed by atoms with Gasteiger partial charge in [0.15, 0.2) is 5.96 Å². The first kappa shape index (κ1) is 18.3. The molecule has 0 radical (unpaired) electrons. The average Bonchev–Trinajstić information content (AvgIpc) is 3.31. The number of halogens is 1. The third kappa shape index (κ3) is 5.01. The molecule has 0 aromatic heterocycles. The van der Waals surface area contributed by atoms with Gasteiger partial charge in [-0.25, -0.2) is 8.42 Å². The molecule has 2 N–H and O–H groups in total. The third-order valence-corrected chi connectivity index (χ3v) is 6.29. The lowest BCUT2D eigenvalue weighted by Crippen LogP contribution is -2.51. The lowest BCUT2D eigenvalue weighted by atomic mass is 10.1. The van der Waals surface area contributed by atoms with E-state index in [1.54, 1.807) is 0 Å². The largest absolute Gasteiger partial charge is 0.370 e. The van der Waals surface area contributed by atoms with Crippen LogP contribution in [0.2, 0.25) is 5.02 Å². The van der Waals surface area contributed by atoms with Gasteiger partial charge in [-0.1, -0.05) is 11.6 Å². The van der Waals surface area contributed by atoms with Crippen LogP contribution < -0.4 is 10.6 Å². The van der Waals surface area contributed by atoms with E-state index in [1.165, 1.54) is 6.26 Å². The van der Waals surface area contributed by atoms with Crippen LogP contribution in [0.1, 0.15) is 12.8 Å². The van der Waals surface area contributed by atoms with Crippen LogP contribution in [0.3, 0.4) is 0 Å². The van der Waals surface area contributed by atoms with E-state index in [9.17, 15) is 8.42 Å². The first-order chi connectivity index (χ1) is 11.8. The first-order valence-corrected chi connectivity index (χ1v) is 10.9. The second kappa shape index (κ2) is 7.03. The molecule has 1 heterocycles. The molecule has 6 nitrogen and oxygen atoms in total. The normalized spacial score (nSPS) is 20.6. The SMILES string of the molecule is CS(=O)(=O)CC1(CN=C(N)N2CCN(c3ccc(Cl)cc3)CC2)CC1. The molecule has 0 spiro atoms. The maximum atomic E-state index is 11.5. The number of benzene rings is 1. The zero-order valence-corrected chi connectivity index (χ0v) is 16.1. The number of nitrogens with two attached hydrogens (primary N) is 1. The fraction of sp³-hybridized carbons (Fsp3) is 0.588. The smallest absolute Gasteiger partial charge is 0.191 e. The monoisotopic (exact) mass is 384 g/mol. The third-order valence-electron chi connectivity index (χ3n) is 4.90. The number of piperazine rings is 1. The van der Waals surface area contributed by atoms with E-state index in [1.807, 2.05) is 24.3 Å². The number of hydrogen-bond acceptors (Lipinski definition) is 4. The summed E-state index contributed by atoms with van der Waals surface area (Å²) >= 11 is 5.94. The zero-order chi connectivity index (χ0) is 18.1. The minimum atomic E-state index is -2.97. The molecule has 1 aliphatic carbocycles. The number of nitrogens with zero attached hydrogens (tertiary/aromatic N) is 3. The molecular formula is C17H25ClN4O2S. The van der Waals surface area contributed by atoms with E-state index in [4.69, 9.17) is 17.3 Å². The Balaban J connectivity index is 1.53. The van der Waals surface area contributed by atoms with Gasteiger partial charge < -0.3 is 15.5 Å². The van der Waals surface area contributed by atoms with Gasteiger partial charge in [0, 0.05) is 55.1 Å². The molecule has 1 saturated heterocycles. The molecule has 8 heteroatoms. The predicted octanol–water partition coefficient (Wildman–Crippen LogP) is 1.60. The van der Waals surface area contributed by atoms with Crippen molar-refractivity contribution in [1.29, 1.82) is 0 Å². The van der Waals surface area contributed by atoms with Gasteiger partial charge in [0.1, 0.15) is 9.84 Å². The molecule has 138 valence electrons. The summed E-state index contributed by atoms with van der Waals surface area (Å²) in [4.78, 5) is 8.87. The summed E-state index contributed by atoms with van der Waals surface area (Å²) < 4.78 is 23.0. The van der Waals surface area contributed by atoms with Crippen LogP contribution in [0.4, 0.5) is 5.69 Å². The molecule has 1 saturated carbocycles. The summed E-state index contributed by atoms with van der Waals surface area (Å²) in [6.45, 7) is 3.84. The van der Waals surface area contributed by atoms with Crippen molar-refractivity contribution in [3.05, 3.63) is 29.3 Å². The van der Waals surface area contributed by atoms with E-state index in [0.29, 0.717) is 12.5 Å². The molecule has 0 unspecified atom stereocenters. The number of aliphatic imine (C=N–C) groups is 1. The zero-order valence-electron chi connectivity index (χ0n) is 14.5. The fourth-order valence-electron chi connectivity index (χ4n) is 3.28. The molecule has 1 aliphatic heterocycles. The number of hydrogen-bond donors (Lipinski definition) is 1. The highest BCUT2D eigenvalue weighted by atomic mass is 35.5. The van der Waals surface area contributed by atoms with Crippen molar-refractivity contribution in [1.82, 2.24) is 4.90 Å². The van der Waals surface area contributed by atoms with Crippen LogP contribution in [0.25, 0.3) is 0 Å². The number of rotatable bonds is 5. The van der Waals surface area contributed by atoms with Crippen LogP contribution in [-0.4, -0.2) is 64.0 Å². The molecule has 2 fully saturated rings. The molecule has 0 bridgehead atoms. The highest BCUT2D eigenvalue weighted by molar-refractivity contribution is 7.90. The van der Waals surface area contributed by atoms with E-state index in [2.05, 4.69) is 14.8 Å². The van der Waals surface area contributed by atoms with Crippen LogP contribution in [0.15, 0.2) is 29.3 Å². The van der Waals surface area contributed by atoms with E-state index in [-0.39, 0.29) is 11.2 Å². The summed E-state index contributed by atoms with van der Waals surface area (Å²) in [6.07, 6.45) is 3.12. The fourth-order valence-corrected chi connectivity index (χ4v) is 4.89. The second-order valence-corrected chi connectivity index (χ2v) is 9.77. The lowest BCUT2D eigenvalue weighted by molar-refractivity contribution is 0.379. The summed E-state index contributed by atoms with van der Waals surface area (Å²) in [7, 11) is -2.97. The Bertz CT molecular complexity index is 736. The van der Waals surface area contributed by atoms with Gasteiger partial charge in [0.25, 0.3) is 0 Å². The van der Waals surface area contributed by atoms with Crippen LogP contribution >= 0.6 is 11.6 Å². The van der Waals surface area contributed by atoms with Gasteiger partial charge in [-0.2, -0.15) is 0 Å². The highest BCUT2D eigenvalue weighted by Crippen LogP contribution is 2.46. The van der Waals surface area contributed by atoms with Gasteiger partial charge >= 0.3 is 0 Å². The van der Waals surface area contributed by atoms with Crippen molar-refractivity contribution in [2.75, 3.05) is 49.6 Å². The second-order valence-electron chi connectivity index (χ2n) is 7.20. The number of guanidine groups is 1. The maximum absolute atomic E-state index is 11.5.